The van der Waals surface area contributed by atoms with Gasteiger partial charge in [-0.15, -0.1) is 0 Å². The van der Waals surface area contributed by atoms with Crippen molar-refractivity contribution >= 4 is 0 Å². The highest BCUT2D eigenvalue weighted by Gasteiger charge is 2.18. The third-order valence-electron chi connectivity index (χ3n) is 3.67. The zero-order valence-electron chi connectivity index (χ0n) is 9.79. The first-order chi connectivity index (χ1) is 7.31. The molecule has 2 rings (SSSR count). The van der Waals surface area contributed by atoms with Crippen molar-refractivity contribution in [3.8, 4) is 0 Å². The summed E-state index contributed by atoms with van der Waals surface area (Å²) in [6.45, 7) is 5.69. The Morgan fingerprint density at radius 3 is 2.73 bits per heavy atom. The molecule has 0 amide bonds. The molecule has 0 fully saturated rings. The molecule has 0 spiro atoms. The van der Waals surface area contributed by atoms with E-state index in [1.165, 1.54) is 30.4 Å². The summed E-state index contributed by atoms with van der Waals surface area (Å²) in [6, 6.07) is 9.52. The Bertz CT molecular complexity index is 319. The standard InChI is InChI=1S/C14H21N/c1-3-14-11(2)8-9-12-6-4-5-7-13(12)10-15-14/h4-7,11,14-15H,3,8-10H2,1-2H3. The number of hydrogen-bond donors (Lipinski definition) is 1. The number of nitrogens with one attached hydrogen (secondary N) is 1. The number of benzene rings is 1. The summed E-state index contributed by atoms with van der Waals surface area (Å²) in [5, 5.41) is 3.68. The topological polar surface area (TPSA) is 12.0 Å². The van der Waals surface area contributed by atoms with Crippen LogP contribution >= 0.6 is 0 Å². The van der Waals surface area contributed by atoms with E-state index in [1.54, 1.807) is 0 Å². The fraction of sp³-hybridized carbons (Fsp3) is 0.571. The van der Waals surface area contributed by atoms with E-state index in [2.05, 4.69) is 43.4 Å². The minimum Gasteiger partial charge on any atom is -0.310 e. The first kappa shape index (κ1) is 10.7. The molecule has 0 bridgehead atoms. The third kappa shape index (κ3) is 2.40. The normalized spacial score (nSPS) is 26.5. The zero-order valence-corrected chi connectivity index (χ0v) is 9.79. The largest absolute Gasteiger partial charge is 0.310 e. The predicted molar refractivity (Wildman–Crippen MR) is 64.8 cm³/mol. The monoisotopic (exact) mass is 203 g/mol. The molecule has 82 valence electrons. The van der Waals surface area contributed by atoms with Gasteiger partial charge in [-0.05, 0) is 36.3 Å². The molecule has 0 saturated carbocycles. The van der Waals surface area contributed by atoms with E-state index in [9.17, 15) is 0 Å². The van der Waals surface area contributed by atoms with Gasteiger partial charge in [-0.1, -0.05) is 38.1 Å². The second-order valence-electron chi connectivity index (χ2n) is 4.68. The van der Waals surface area contributed by atoms with Gasteiger partial charge in [-0.3, -0.25) is 0 Å². The summed E-state index contributed by atoms with van der Waals surface area (Å²) >= 11 is 0. The van der Waals surface area contributed by atoms with E-state index in [0.717, 1.165) is 12.5 Å². The van der Waals surface area contributed by atoms with Gasteiger partial charge in [0.1, 0.15) is 0 Å². The first-order valence-corrected chi connectivity index (χ1v) is 6.11. The molecule has 1 aliphatic rings. The Morgan fingerprint density at radius 1 is 1.27 bits per heavy atom. The Hall–Kier alpha value is -0.820. The lowest BCUT2D eigenvalue weighted by atomic mass is 9.89. The summed E-state index contributed by atoms with van der Waals surface area (Å²) < 4.78 is 0. The number of rotatable bonds is 1. The molecular formula is C14H21N. The zero-order chi connectivity index (χ0) is 10.7. The van der Waals surface area contributed by atoms with Crippen LogP contribution in [0.5, 0.6) is 0 Å². The molecule has 1 aliphatic heterocycles. The van der Waals surface area contributed by atoms with Gasteiger partial charge >= 0.3 is 0 Å². The summed E-state index contributed by atoms with van der Waals surface area (Å²) in [7, 11) is 0. The van der Waals surface area contributed by atoms with Gasteiger partial charge in [0, 0.05) is 12.6 Å². The van der Waals surface area contributed by atoms with Gasteiger partial charge in [0.05, 0.1) is 0 Å². The predicted octanol–water partition coefficient (Wildman–Crippen LogP) is 3.14. The quantitative estimate of drug-likeness (QED) is 0.739. The van der Waals surface area contributed by atoms with Gasteiger partial charge in [0.25, 0.3) is 0 Å². The number of aryl methyl sites for hydroxylation is 1. The maximum atomic E-state index is 3.68. The Kier molecular flexibility index (Phi) is 3.42. The lowest BCUT2D eigenvalue weighted by molar-refractivity contribution is 0.338. The van der Waals surface area contributed by atoms with Gasteiger partial charge < -0.3 is 5.32 Å². The molecule has 0 aliphatic carbocycles. The molecule has 1 aromatic carbocycles. The van der Waals surface area contributed by atoms with Gasteiger partial charge in [0.2, 0.25) is 0 Å². The second kappa shape index (κ2) is 4.80. The molecule has 0 radical (unpaired) electrons. The highest BCUT2D eigenvalue weighted by molar-refractivity contribution is 5.27. The Morgan fingerprint density at radius 2 is 2.00 bits per heavy atom. The van der Waals surface area contributed by atoms with E-state index in [0.29, 0.717) is 6.04 Å². The van der Waals surface area contributed by atoms with Crippen molar-refractivity contribution in [2.45, 2.75) is 45.7 Å². The van der Waals surface area contributed by atoms with Crippen molar-refractivity contribution in [2.24, 2.45) is 5.92 Å². The van der Waals surface area contributed by atoms with E-state index >= 15 is 0 Å². The van der Waals surface area contributed by atoms with Gasteiger partial charge in [0.15, 0.2) is 0 Å². The maximum Gasteiger partial charge on any atom is 0.0210 e. The lowest BCUT2D eigenvalue weighted by Crippen LogP contribution is -2.35. The van der Waals surface area contributed by atoms with E-state index < -0.39 is 0 Å². The average molecular weight is 203 g/mol. The molecule has 1 heterocycles. The van der Waals surface area contributed by atoms with Crippen molar-refractivity contribution in [3.05, 3.63) is 35.4 Å². The molecule has 0 aromatic heterocycles. The van der Waals surface area contributed by atoms with Crippen LogP contribution < -0.4 is 5.32 Å². The van der Waals surface area contributed by atoms with E-state index in [-0.39, 0.29) is 0 Å². The molecule has 15 heavy (non-hydrogen) atoms. The Labute approximate surface area is 92.9 Å². The van der Waals surface area contributed by atoms with Crippen LogP contribution in [0.15, 0.2) is 24.3 Å². The summed E-state index contributed by atoms with van der Waals surface area (Å²) in [5.41, 5.74) is 3.02. The SMILES string of the molecule is CCC1NCc2ccccc2CCC1C. The minimum atomic E-state index is 0.693. The summed E-state index contributed by atoms with van der Waals surface area (Å²) in [6.07, 6.45) is 3.79. The lowest BCUT2D eigenvalue weighted by Gasteiger charge is -2.27. The molecule has 2 unspecified atom stereocenters. The van der Waals surface area contributed by atoms with Crippen LogP contribution in [0.25, 0.3) is 0 Å². The van der Waals surface area contributed by atoms with Crippen LogP contribution in [0, 0.1) is 5.92 Å². The molecule has 2 atom stereocenters. The van der Waals surface area contributed by atoms with E-state index in [1.807, 2.05) is 0 Å². The van der Waals surface area contributed by atoms with Crippen molar-refractivity contribution < 1.29 is 0 Å². The number of hydrogen-bond acceptors (Lipinski definition) is 1. The molecule has 0 saturated heterocycles. The highest BCUT2D eigenvalue weighted by atomic mass is 14.9. The minimum absolute atomic E-state index is 0.693. The van der Waals surface area contributed by atoms with Crippen LogP contribution in [0.2, 0.25) is 0 Å². The van der Waals surface area contributed by atoms with Crippen molar-refractivity contribution in [1.82, 2.24) is 5.32 Å². The van der Waals surface area contributed by atoms with Crippen LogP contribution in [-0.2, 0) is 13.0 Å². The molecule has 1 N–H and O–H groups in total. The fourth-order valence-corrected chi connectivity index (χ4v) is 2.55. The molecule has 1 heteroatoms. The Balaban J connectivity index is 2.17. The van der Waals surface area contributed by atoms with Gasteiger partial charge in [-0.2, -0.15) is 0 Å². The fourth-order valence-electron chi connectivity index (χ4n) is 2.55. The highest BCUT2D eigenvalue weighted by Crippen LogP contribution is 2.21. The van der Waals surface area contributed by atoms with Crippen molar-refractivity contribution in [3.63, 3.8) is 0 Å². The van der Waals surface area contributed by atoms with Crippen molar-refractivity contribution in [2.75, 3.05) is 0 Å². The molecule has 1 aromatic rings. The van der Waals surface area contributed by atoms with Gasteiger partial charge in [-0.25, -0.2) is 0 Å². The van der Waals surface area contributed by atoms with Crippen LogP contribution in [-0.4, -0.2) is 6.04 Å². The second-order valence-corrected chi connectivity index (χ2v) is 4.68. The molecule has 1 nitrogen and oxygen atoms in total. The van der Waals surface area contributed by atoms with E-state index in [4.69, 9.17) is 0 Å². The van der Waals surface area contributed by atoms with Crippen LogP contribution in [0.3, 0.4) is 0 Å². The summed E-state index contributed by atoms with van der Waals surface area (Å²) in [5.74, 6) is 0.795. The summed E-state index contributed by atoms with van der Waals surface area (Å²) in [4.78, 5) is 0. The van der Waals surface area contributed by atoms with Crippen LogP contribution in [0.1, 0.15) is 37.8 Å². The smallest absolute Gasteiger partial charge is 0.0210 e. The average Bonchev–Trinajstić information content (AvgIpc) is 2.26. The van der Waals surface area contributed by atoms with Crippen molar-refractivity contribution in [1.29, 1.82) is 0 Å². The first-order valence-electron chi connectivity index (χ1n) is 6.11. The maximum absolute atomic E-state index is 3.68. The number of fused-ring (bicyclic) bond motifs is 1. The third-order valence-corrected chi connectivity index (χ3v) is 3.67. The molecular weight excluding hydrogens is 182 g/mol. The van der Waals surface area contributed by atoms with Crippen LogP contribution in [0.4, 0.5) is 0 Å².